The van der Waals surface area contributed by atoms with Gasteiger partial charge in [0.2, 0.25) is 5.91 Å². The maximum atomic E-state index is 11.9. The van der Waals surface area contributed by atoms with Gasteiger partial charge in [0.15, 0.2) is 0 Å². The Balaban J connectivity index is 1.88. The third kappa shape index (κ3) is 3.89. The molecule has 0 aliphatic rings. The number of benzene rings is 1. The average molecular weight is 302 g/mol. The van der Waals surface area contributed by atoms with Crippen LogP contribution in [0.25, 0.3) is 10.9 Å². The third-order valence-electron chi connectivity index (χ3n) is 4.41. The largest absolute Gasteiger partial charge is 0.391 e. The summed E-state index contributed by atoms with van der Waals surface area (Å²) >= 11 is 0. The van der Waals surface area contributed by atoms with E-state index in [-0.39, 0.29) is 11.8 Å². The quantitative estimate of drug-likeness (QED) is 0.826. The van der Waals surface area contributed by atoms with Gasteiger partial charge < -0.3 is 15.0 Å². The molecule has 0 radical (unpaired) electrons. The van der Waals surface area contributed by atoms with Crippen molar-refractivity contribution >= 4 is 16.8 Å². The molecule has 1 heterocycles. The first-order valence-electron chi connectivity index (χ1n) is 8.00. The highest BCUT2D eigenvalue weighted by Crippen LogP contribution is 2.21. The lowest BCUT2D eigenvalue weighted by Crippen LogP contribution is -2.35. The molecular formula is C18H26N2O2. The molecule has 4 heteroatoms. The molecule has 0 aliphatic carbocycles. The molecule has 2 aromatic rings. The molecule has 120 valence electrons. The number of carbonyl (C=O) groups is 1. The predicted octanol–water partition coefficient (Wildman–Crippen LogP) is 2.63. The molecule has 22 heavy (non-hydrogen) atoms. The molecule has 1 amide bonds. The number of hydrogen-bond donors (Lipinski definition) is 2. The first-order valence-corrected chi connectivity index (χ1v) is 8.00. The number of aliphatic hydroxyl groups is 1. The van der Waals surface area contributed by atoms with Crippen LogP contribution in [0.4, 0.5) is 0 Å². The molecule has 0 saturated heterocycles. The Morgan fingerprint density at radius 2 is 2.09 bits per heavy atom. The fourth-order valence-electron chi connectivity index (χ4n) is 2.65. The molecule has 0 aliphatic heterocycles. The fraction of sp³-hybridized carbons (Fsp3) is 0.500. The number of aliphatic hydroxyl groups excluding tert-OH is 1. The lowest BCUT2D eigenvalue weighted by Gasteiger charge is -2.17. The Morgan fingerprint density at radius 3 is 2.82 bits per heavy atom. The number of carbonyl (C=O) groups excluding carboxylic acids is 1. The van der Waals surface area contributed by atoms with E-state index in [0.717, 1.165) is 6.42 Å². The topological polar surface area (TPSA) is 54.3 Å². The average Bonchev–Trinajstić information content (AvgIpc) is 2.86. The normalized spacial score (nSPS) is 14.0. The fourth-order valence-corrected chi connectivity index (χ4v) is 2.65. The number of nitrogens with one attached hydrogen (secondary N) is 1. The van der Waals surface area contributed by atoms with Crippen LogP contribution in [0.1, 0.15) is 32.3 Å². The van der Waals surface area contributed by atoms with Gasteiger partial charge in [-0.05, 0) is 24.0 Å². The van der Waals surface area contributed by atoms with Crippen molar-refractivity contribution in [3.63, 3.8) is 0 Å². The third-order valence-corrected chi connectivity index (χ3v) is 4.41. The van der Waals surface area contributed by atoms with Crippen LogP contribution < -0.4 is 5.32 Å². The van der Waals surface area contributed by atoms with Crippen molar-refractivity contribution in [2.24, 2.45) is 13.0 Å². The SMILES string of the molecule is CCC(C)C(O)CNC(=O)CCc1cn(C)c2ccccc12. The highest BCUT2D eigenvalue weighted by Gasteiger charge is 2.14. The highest BCUT2D eigenvalue weighted by molar-refractivity contribution is 5.84. The number of hydrogen-bond acceptors (Lipinski definition) is 2. The van der Waals surface area contributed by atoms with Crippen LogP contribution in [-0.2, 0) is 18.3 Å². The van der Waals surface area contributed by atoms with E-state index in [2.05, 4.69) is 28.2 Å². The predicted molar refractivity (Wildman–Crippen MR) is 89.7 cm³/mol. The van der Waals surface area contributed by atoms with Gasteiger partial charge in [0.05, 0.1) is 6.10 Å². The summed E-state index contributed by atoms with van der Waals surface area (Å²) in [4.78, 5) is 11.9. The minimum atomic E-state index is -0.466. The Bertz CT molecular complexity index is 633. The molecule has 0 fully saturated rings. The maximum Gasteiger partial charge on any atom is 0.220 e. The standard InChI is InChI=1S/C18H26N2O2/c1-4-13(2)17(21)11-19-18(22)10-9-14-12-20(3)16-8-6-5-7-15(14)16/h5-8,12-13,17,21H,4,9-11H2,1-3H3,(H,19,22). The maximum absolute atomic E-state index is 11.9. The first-order chi connectivity index (χ1) is 10.5. The minimum absolute atomic E-state index is 0.00436. The van der Waals surface area contributed by atoms with E-state index >= 15 is 0 Å². The molecule has 2 unspecified atom stereocenters. The summed E-state index contributed by atoms with van der Waals surface area (Å²) in [6.45, 7) is 4.37. The van der Waals surface area contributed by atoms with Crippen LogP contribution in [0.3, 0.4) is 0 Å². The summed E-state index contributed by atoms with van der Waals surface area (Å²) in [5.41, 5.74) is 2.38. The molecule has 2 atom stereocenters. The molecule has 4 nitrogen and oxygen atoms in total. The molecule has 0 spiro atoms. The van der Waals surface area contributed by atoms with Crippen LogP contribution in [0, 0.1) is 5.92 Å². The molecule has 0 bridgehead atoms. The van der Waals surface area contributed by atoms with Crippen LogP contribution in [0.2, 0.25) is 0 Å². The summed E-state index contributed by atoms with van der Waals surface area (Å²) in [6.07, 6.45) is 3.69. The van der Waals surface area contributed by atoms with Crippen LogP contribution in [0.5, 0.6) is 0 Å². The zero-order valence-electron chi connectivity index (χ0n) is 13.7. The van der Waals surface area contributed by atoms with E-state index < -0.39 is 6.10 Å². The number of para-hydroxylation sites is 1. The zero-order chi connectivity index (χ0) is 16.1. The second-order valence-corrected chi connectivity index (χ2v) is 6.04. The summed E-state index contributed by atoms with van der Waals surface area (Å²) in [6, 6.07) is 8.22. The van der Waals surface area contributed by atoms with Crippen molar-refractivity contribution in [1.82, 2.24) is 9.88 Å². The van der Waals surface area contributed by atoms with Crippen molar-refractivity contribution in [2.45, 2.75) is 39.2 Å². The van der Waals surface area contributed by atoms with E-state index in [1.165, 1.54) is 16.5 Å². The second kappa shape index (κ2) is 7.45. The van der Waals surface area contributed by atoms with Gasteiger partial charge >= 0.3 is 0 Å². The van der Waals surface area contributed by atoms with E-state index in [9.17, 15) is 9.90 Å². The van der Waals surface area contributed by atoms with E-state index in [4.69, 9.17) is 0 Å². The Kier molecular flexibility index (Phi) is 5.61. The lowest BCUT2D eigenvalue weighted by atomic mass is 10.0. The minimum Gasteiger partial charge on any atom is -0.391 e. The Morgan fingerprint density at radius 1 is 1.36 bits per heavy atom. The van der Waals surface area contributed by atoms with Crippen molar-refractivity contribution < 1.29 is 9.90 Å². The number of rotatable bonds is 7. The zero-order valence-corrected chi connectivity index (χ0v) is 13.7. The molecule has 0 saturated carbocycles. The number of aromatic nitrogens is 1. The highest BCUT2D eigenvalue weighted by atomic mass is 16.3. The Hall–Kier alpha value is -1.81. The van der Waals surface area contributed by atoms with Crippen LogP contribution in [0.15, 0.2) is 30.5 Å². The number of nitrogens with zero attached hydrogens (tertiary/aromatic N) is 1. The van der Waals surface area contributed by atoms with E-state index in [1.54, 1.807) is 0 Å². The van der Waals surface area contributed by atoms with Gasteiger partial charge in [-0.2, -0.15) is 0 Å². The van der Waals surface area contributed by atoms with Crippen molar-refractivity contribution in [3.8, 4) is 0 Å². The van der Waals surface area contributed by atoms with Crippen molar-refractivity contribution in [1.29, 1.82) is 0 Å². The van der Waals surface area contributed by atoms with E-state index in [1.807, 2.05) is 33.0 Å². The van der Waals surface area contributed by atoms with E-state index in [0.29, 0.717) is 19.4 Å². The lowest BCUT2D eigenvalue weighted by molar-refractivity contribution is -0.121. The van der Waals surface area contributed by atoms with Crippen LogP contribution >= 0.6 is 0 Å². The molecular weight excluding hydrogens is 276 g/mol. The molecule has 2 N–H and O–H groups in total. The Labute approximate surface area is 132 Å². The second-order valence-electron chi connectivity index (χ2n) is 6.04. The van der Waals surface area contributed by atoms with Gasteiger partial charge in [-0.25, -0.2) is 0 Å². The summed E-state index contributed by atoms with van der Waals surface area (Å²) < 4.78 is 2.09. The number of aryl methyl sites for hydroxylation is 2. The van der Waals surface area contributed by atoms with Gasteiger partial charge in [-0.1, -0.05) is 38.5 Å². The van der Waals surface area contributed by atoms with Gasteiger partial charge in [0, 0.05) is 37.1 Å². The van der Waals surface area contributed by atoms with Crippen LogP contribution in [-0.4, -0.2) is 28.2 Å². The molecule has 1 aromatic heterocycles. The monoisotopic (exact) mass is 302 g/mol. The smallest absolute Gasteiger partial charge is 0.220 e. The summed E-state index contributed by atoms with van der Waals surface area (Å²) in [7, 11) is 2.02. The van der Waals surface area contributed by atoms with Gasteiger partial charge in [0.25, 0.3) is 0 Å². The number of fused-ring (bicyclic) bond motifs is 1. The van der Waals surface area contributed by atoms with Crippen molar-refractivity contribution in [2.75, 3.05) is 6.54 Å². The summed E-state index contributed by atoms with van der Waals surface area (Å²) in [5.74, 6) is 0.202. The van der Waals surface area contributed by atoms with Gasteiger partial charge in [0.1, 0.15) is 0 Å². The first kappa shape index (κ1) is 16.6. The van der Waals surface area contributed by atoms with Gasteiger partial charge in [-0.3, -0.25) is 4.79 Å². The number of amides is 1. The summed E-state index contributed by atoms with van der Waals surface area (Å²) in [5, 5.41) is 13.9. The molecule has 2 rings (SSSR count). The van der Waals surface area contributed by atoms with Gasteiger partial charge in [-0.15, -0.1) is 0 Å². The molecule has 1 aromatic carbocycles. The van der Waals surface area contributed by atoms with Crippen molar-refractivity contribution in [3.05, 3.63) is 36.0 Å².